The Morgan fingerprint density at radius 3 is 2.70 bits per heavy atom. The van der Waals surface area contributed by atoms with Gasteiger partial charge >= 0.3 is 0 Å². The average molecular weight is 315 g/mol. The quantitative estimate of drug-likeness (QED) is 0.849. The molecule has 4 rings (SSSR count). The van der Waals surface area contributed by atoms with Crippen molar-refractivity contribution in [2.24, 2.45) is 0 Å². The van der Waals surface area contributed by atoms with Gasteiger partial charge in [0.25, 0.3) is 5.91 Å². The highest BCUT2D eigenvalue weighted by Gasteiger charge is 2.41. The van der Waals surface area contributed by atoms with Crippen LogP contribution in [0.3, 0.4) is 0 Å². The lowest BCUT2D eigenvalue weighted by Gasteiger charge is -2.37. The van der Waals surface area contributed by atoms with Crippen molar-refractivity contribution in [2.75, 3.05) is 26.3 Å². The first-order valence-corrected chi connectivity index (χ1v) is 8.25. The van der Waals surface area contributed by atoms with Crippen molar-refractivity contribution in [1.29, 1.82) is 0 Å². The molecule has 4 heterocycles. The summed E-state index contributed by atoms with van der Waals surface area (Å²) < 4.78 is 13.5. The van der Waals surface area contributed by atoms with Crippen molar-refractivity contribution in [3.05, 3.63) is 35.9 Å². The second kappa shape index (κ2) is 5.62. The zero-order valence-electron chi connectivity index (χ0n) is 13.3. The third-order valence-electron chi connectivity index (χ3n) is 4.77. The van der Waals surface area contributed by atoms with Crippen LogP contribution < -0.4 is 0 Å². The highest BCUT2D eigenvalue weighted by Crippen LogP contribution is 2.32. The molecular formula is C17H21N3O3. The van der Waals surface area contributed by atoms with Gasteiger partial charge in [0.05, 0.1) is 18.7 Å². The van der Waals surface area contributed by atoms with E-state index < -0.39 is 5.79 Å². The Morgan fingerprint density at radius 1 is 1.26 bits per heavy atom. The molecular weight excluding hydrogens is 294 g/mol. The summed E-state index contributed by atoms with van der Waals surface area (Å²) in [5.41, 5.74) is 1.43. The predicted molar refractivity (Wildman–Crippen MR) is 84.3 cm³/mol. The number of amides is 1. The number of nitrogens with zero attached hydrogens (tertiary/aromatic N) is 3. The van der Waals surface area contributed by atoms with Crippen molar-refractivity contribution in [1.82, 2.24) is 14.3 Å². The highest BCUT2D eigenvalue weighted by molar-refractivity contribution is 5.99. The summed E-state index contributed by atoms with van der Waals surface area (Å²) in [5.74, 6) is 0.461. The van der Waals surface area contributed by atoms with Crippen LogP contribution in [0.25, 0.3) is 5.52 Å². The Bertz CT molecular complexity index is 724. The van der Waals surface area contributed by atoms with Crippen LogP contribution in [0.4, 0.5) is 0 Å². The number of piperidine rings is 1. The van der Waals surface area contributed by atoms with E-state index in [-0.39, 0.29) is 5.91 Å². The molecule has 2 aliphatic heterocycles. The van der Waals surface area contributed by atoms with Crippen molar-refractivity contribution < 1.29 is 14.3 Å². The fourth-order valence-corrected chi connectivity index (χ4v) is 3.49. The smallest absolute Gasteiger partial charge is 0.274 e. The van der Waals surface area contributed by atoms with E-state index in [1.165, 1.54) is 0 Å². The minimum absolute atomic E-state index is 0.00115. The molecule has 0 bridgehead atoms. The lowest BCUT2D eigenvalue weighted by Crippen LogP contribution is -2.47. The van der Waals surface area contributed by atoms with Gasteiger partial charge in [0.15, 0.2) is 11.5 Å². The molecule has 2 fully saturated rings. The maximum Gasteiger partial charge on any atom is 0.274 e. The van der Waals surface area contributed by atoms with E-state index in [9.17, 15) is 4.79 Å². The molecule has 23 heavy (non-hydrogen) atoms. The summed E-state index contributed by atoms with van der Waals surface area (Å²) in [6, 6.07) is 5.86. The number of fused-ring (bicyclic) bond motifs is 1. The molecule has 2 aromatic heterocycles. The van der Waals surface area contributed by atoms with E-state index in [4.69, 9.17) is 9.47 Å². The molecule has 0 unspecified atom stereocenters. The second-order valence-electron chi connectivity index (χ2n) is 6.09. The number of likely N-dealkylation sites (tertiary alicyclic amines) is 1. The maximum absolute atomic E-state index is 12.9. The van der Waals surface area contributed by atoms with Crippen LogP contribution in [0.15, 0.2) is 24.4 Å². The molecule has 0 aliphatic carbocycles. The predicted octanol–water partition coefficient (Wildman–Crippen LogP) is 1.88. The van der Waals surface area contributed by atoms with Crippen molar-refractivity contribution in [3.63, 3.8) is 0 Å². The van der Waals surface area contributed by atoms with Gasteiger partial charge < -0.3 is 18.8 Å². The van der Waals surface area contributed by atoms with Crippen LogP contribution in [0.2, 0.25) is 0 Å². The van der Waals surface area contributed by atoms with Gasteiger partial charge in [-0.15, -0.1) is 0 Å². The molecule has 1 amide bonds. The van der Waals surface area contributed by atoms with E-state index in [1.807, 2.05) is 33.7 Å². The normalized spacial score (nSPS) is 20.5. The molecule has 1 spiro atoms. The van der Waals surface area contributed by atoms with Crippen molar-refractivity contribution >= 4 is 11.4 Å². The molecule has 0 saturated carbocycles. The van der Waals surface area contributed by atoms with Gasteiger partial charge in [-0.05, 0) is 12.1 Å². The lowest BCUT2D eigenvalue weighted by atomic mass is 10.0. The fraction of sp³-hybridized carbons (Fsp3) is 0.529. The molecule has 0 aromatic carbocycles. The third-order valence-corrected chi connectivity index (χ3v) is 4.77. The first-order valence-electron chi connectivity index (χ1n) is 8.25. The Labute approximate surface area is 135 Å². The number of aromatic nitrogens is 2. The minimum Gasteiger partial charge on any atom is -0.347 e. The largest absolute Gasteiger partial charge is 0.347 e. The van der Waals surface area contributed by atoms with Crippen LogP contribution in [0, 0.1) is 0 Å². The fourth-order valence-electron chi connectivity index (χ4n) is 3.49. The minimum atomic E-state index is -0.457. The summed E-state index contributed by atoms with van der Waals surface area (Å²) in [4.78, 5) is 19.4. The molecule has 2 aromatic rings. The van der Waals surface area contributed by atoms with E-state index >= 15 is 0 Å². The number of hydrogen-bond acceptors (Lipinski definition) is 4. The summed E-state index contributed by atoms with van der Waals surface area (Å²) in [6.07, 6.45) is 4.21. The molecule has 2 aliphatic rings. The third kappa shape index (κ3) is 2.42. The van der Waals surface area contributed by atoms with Crippen LogP contribution in [-0.4, -0.2) is 52.3 Å². The first kappa shape index (κ1) is 14.7. The van der Waals surface area contributed by atoms with Gasteiger partial charge in [-0.1, -0.05) is 13.0 Å². The molecule has 0 radical (unpaired) electrons. The lowest BCUT2D eigenvalue weighted by molar-refractivity contribution is -0.181. The molecule has 0 atom stereocenters. The van der Waals surface area contributed by atoms with Gasteiger partial charge in [0.1, 0.15) is 5.82 Å². The van der Waals surface area contributed by atoms with E-state index in [0.717, 1.165) is 30.6 Å². The van der Waals surface area contributed by atoms with E-state index in [2.05, 4.69) is 11.9 Å². The van der Waals surface area contributed by atoms with Gasteiger partial charge in [0, 0.05) is 38.5 Å². The SMILES string of the molecule is CCc1nc(C(=O)N2CCC3(CC2)OCCO3)c2ccccn12. The van der Waals surface area contributed by atoms with Crippen LogP contribution in [0.1, 0.15) is 36.1 Å². The second-order valence-corrected chi connectivity index (χ2v) is 6.09. The first-order chi connectivity index (χ1) is 11.2. The van der Waals surface area contributed by atoms with Crippen LogP contribution in [0.5, 0.6) is 0 Å². The molecule has 6 nitrogen and oxygen atoms in total. The van der Waals surface area contributed by atoms with Gasteiger partial charge in [-0.2, -0.15) is 0 Å². The highest BCUT2D eigenvalue weighted by atomic mass is 16.7. The topological polar surface area (TPSA) is 56.1 Å². The number of pyridine rings is 1. The molecule has 122 valence electrons. The summed E-state index contributed by atoms with van der Waals surface area (Å²) in [5, 5.41) is 0. The Hall–Kier alpha value is -1.92. The number of ether oxygens (including phenoxy) is 2. The standard InChI is InChI=1S/C17H21N3O3/c1-2-14-18-15(13-5-3-4-8-20(13)14)16(21)19-9-6-17(7-10-19)22-11-12-23-17/h3-5,8H,2,6-7,9-12H2,1H3. The molecule has 6 heteroatoms. The Kier molecular flexibility index (Phi) is 3.58. The number of aryl methyl sites for hydroxylation is 1. The number of carbonyl (C=O) groups is 1. The van der Waals surface area contributed by atoms with Crippen molar-refractivity contribution in [3.8, 4) is 0 Å². The summed E-state index contributed by atoms with van der Waals surface area (Å²) in [6.45, 7) is 4.65. The van der Waals surface area contributed by atoms with Crippen molar-refractivity contribution in [2.45, 2.75) is 32.0 Å². The van der Waals surface area contributed by atoms with E-state index in [0.29, 0.717) is 32.0 Å². The van der Waals surface area contributed by atoms with Crippen LogP contribution in [-0.2, 0) is 15.9 Å². The summed E-state index contributed by atoms with van der Waals surface area (Å²) in [7, 11) is 0. The number of imidazole rings is 1. The number of hydrogen-bond donors (Lipinski definition) is 0. The Balaban J connectivity index is 1.58. The zero-order valence-corrected chi connectivity index (χ0v) is 13.3. The van der Waals surface area contributed by atoms with E-state index in [1.54, 1.807) is 0 Å². The monoisotopic (exact) mass is 315 g/mol. The number of carbonyl (C=O) groups excluding carboxylic acids is 1. The van der Waals surface area contributed by atoms with Crippen LogP contribution >= 0.6 is 0 Å². The number of rotatable bonds is 2. The molecule has 0 N–H and O–H groups in total. The Morgan fingerprint density at radius 2 is 2.00 bits per heavy atom. The van der Waals surface area contributed by atoms with Gasteiger partial charge in [-0.25, -0.2) is 4.98 Å². The molecule has 2 saturated heterocycles. The zero-order chi connectivity index (χ0) is 15.9. The van der Waals surface area contributed by atoms with Gasteiger partial charge in [0.2, 0.25) is 0 Å². The average Bonchev–Trinajstić information content (AvgIpc) is 3.20. The van der Waals surface area contributed by atoms with Gasteiger partial charge in [-0.3, -0.25) is 4.79 Å². The summed E-state index contributed by atoms with van der Waals surface area (Å²) >= 11 is 0. The maximum atomic E-state index is 12.9.